The van der Waals surface area contributed by atoms with E-state index in [4.69, 9.17) is 14.2 Å². The number of methoxy groups -OCH3 is 1. The van der Waals surface area contributed by atoms with Gasteiger partial charge in [0.1, 0.15) is 13.2 Å². The molecule has 7 heteroatoms. The maximum Gasteiger partial charge on any atom is 0.177 e. The highest BCUT2D eigenvalue weighted by molar-refractivity contribution is 8.14. The van der Waals surface area contributed by atoms with Crippen LogP contribution in [0, 0.1) is 0 Å². The highest BCUT2D eigenvalue weighted by Gasteiger charge is 2.17. The number of aliphatic imine (C=N–C) groups is 1. The summed E-state index contributed by atoms with van der Waals surface area (Å²) in [6, 6.07) is 6.03. The fraction of sp³-hybridized carbons (Fsp3) is 0.467. The van der Waals surface area contributed by atoms with Gasteiger partial charge in [-0.2, -0.15) is 5.10 Å². The first-order chi connectivity index (χ1) is 10.8. The van der Waals surface area contributed by atoms with Gasteiger partial charge in [0.2, 0.25) is 0 Å². The molecule has 0 radical (unpaired) electrons. The fourth-order valence-corrected chi connectivity index (χ4v) is 3.10. The van der Waals surface area contributed by atoms with Gasteiger partial charge in [-0.3, -0.25) is 10.4 Å². The maximum absolute atomic E-state index is 5.61. The number of nitrogens with zero attached hydrogens (tertiary/aromatic N) is 2. The van der Waals surface area contributed by atoms with Gasteiger partial charge in [-0.05, 0) is 25.1 Å². The number of fused-ring (bicyclic) bond motifs is 1. The summed E-state index contributed by atoms with van der Waals surface area (Å²) in [5.41, 5.74) is 5.02. The molecule has 0 fully saturated rings. The molecular formula is C15H19N3O3S. The number of hydrogen-bond acceptors (Lipinski definition) is 6. The van der Waals surface area contributed by atoms with Crippen LogP contribution in [0.4, 0.5) is 0 Å². The Morgan fingerprint density at radius 2 is 2.18 bits per heavy atom. The van der Waals surface area contributed by atoms with E-state index in [1.165, 1.54) is 0 Å². The molecule has 22 heavy (non-hydrogen) atoms. The van der Waals surface area contributed by atoms with Crippen molar-refractivity contribution in [2.45, 2.75) is 13.0 Å². The predicted octanol–water partition coefficient (Wildman–Crippen LogP) is 1.89. The highest BCUT2D eigenvalue weighted by atomic mass is 32.2. The summed E-state index contributed by atoms with van der Waals surface area (Å²) >= 11 is 1.64. The van der Waals surface area contributed by atoms with E-state index < -0.39 is 0 Å². The van der Waals surface area contributed by atoms with E-state index in [1.54, 1.807) is 18.9 Å². The molecular weight excluding hydrogens is 302 g/mol. The van der Waals surface area contributed by atoms with Crippen LogP contribution >= 0.6 is 11.8 Å². The fourth-order valence-electron chi connectivity index (χ4n) is 2.23. The van der Waals surface area contributed by atoms with Crippen molar-refractivity contribution in [2.75, 3.05) is 32.7 Å². The van der Waals surface area contributed by atoms with Crippen LogP contribution in [0.3, 0.4) is 0 Å². The second kappa shape index (κ2) is 7.02. The summed E-state index contributed by atoms with van der Waals surface area (Å²) in [4.78, 5) is 4.52. The zero-order valence-corrected chi connectivity index (χ0v) is 13.5. The molecule has 0 saturated carbocycles. The molecule has 0 bridgehead atoms. The summed E-state index contributed by atoms with van der Waals surface area (Å²) < 4.78 is 16.2. The Labute approximate surface area is 133 Å². The summed E-state index contributed by atoms with van der Waals surface area (Å²) in [6.07, 6.45) is 0. The number of hydrazone groups is 1. The van der Waals surface area contributed by atoms with Gasteiger partial charge >= 0.3 is 0 Å². The van der Waals surface area contributed by atoms with E-state index >= 15 is 0 Å². The highest BCUT2D eigenvalue weighted by Crippen LogP contribution is 2.31. The van der Waals surface area contributed by atoms with Crippen molar-refractivity contribution in [3.05, 3.63) is 23.8 Å². The zero-order chi connectivity index (χ0) is 15.4. The molecule has 1 aromatic carbocycles. The molecule has 0 amide bonds. The monoisotopic (exact) mass is 321 g/mol. The molecule has 0 unspecified atom stereocenters. The SMILES string of the molecule is COC[C@@H](C)N=C1NN=C(c2ccc3c(c2)OCCO3)CS1. The summed E-state index contributed by atoms with van der Waals surface area (Å²) in [5, 5.41) is 5.25. The van der Waals surface area contributed by atoms with Crippen molar-refractivity contribution < 1.29 is 14.2 Å². The molecule has 6 nitrogen and oxygen atoms in total. The minimum Gasteiger partial charge on any atom is -0.486 e. The van der Waals surface area contributed by atoms with Gasteiger partial charge in [-0.1, -0.05) is 11.8 Å². The molecule has 1 aromatic rings. The van der Waals surface area contributed by atoms with Crippen LogP contribution in [0.2, 0.25) is 0 Å². The molecule has 0 aliphatic carbocycles. The molecule has 1 N–H and O–H groups in total. The smallest absolute Gasteiger partial charge is 0.177 e. The number of benzene rings is 1. The Kier molecular flexibility index (Phi) is 4.84. The molecule has 1 atom stereocenters. The third-order valence-corrected chi connectivity index (χ3v) is 4.14. The van der Waals surface area contributed by atoms with Crippen LogP contribution in [-0.4, -0.2) is 49.6 Å². The topological polar surface area (TPSA) is 64.4 Å². The lowest BCUT2D eigenvalue weighted by Crippen LogP contribution is -2.27. The van der Waals surface area contributed by atoms with Crippen molar-refractivity contribution >= 4 is 22.6 Å². The van der Waals surface area contributed by atoms with Gasteiger partial charge in [-0.25, -0.2) is 0 Å². The van der Waals surface area contributed by atoms with E-state index in [2.05, 4.69) is 15.5 Å². The van der Waals surface area contributed by atoms with Crippen molar-refractivity contribution in [1.82, 2.24) is 5.43 Å². The molecule has 2 aliphatic heterocycles. The molecule has 0 spiro atoms. The van der Waals surface area contributed by atoms with E-state index in [1.807, 2.05) is 25.1 Å². The minimum absolute atomic E-state index is 0.117. The molecule has 0 saturated heterocycles. The number of hydrogen-bond donors (Lipinski definition) is 1. The third-order valence-electron chi connectivity index (χ3n) is 3.25. The van der Waals surface area contributed by atoms with Crippen molar-refractivity contribution in [1.29, 1.82) is 0 Å². The molecule has 118 valence electrons. The lowest BCUT2D eigenvalue weighted by atomic mass is 10.1. The molecule has 0 aromatic heterocycles. The van der Waals surface area contributed by atoms with Crippen LogP contribution in [0.5, 0.6) is 11.5 Å². The largest absolute Gasteiger partial charge is 0.486 e. The quantitative estimate of drug-likeness (QED) is 0.917. The lowest BCUT2D eigenvalue weighted by molar-refractivity contribution is 0.171. The van der Waals surface area contributed by atoms with Crippen molar-refractivity contribution in [3.63, 3.8) is 0 Å². The first-order valence-electron chi connectivity index (χ1n) is 7.18. The Balaban J connectivity index is 1.70. The van der Waals surface area contributed by atoms with E-state index in [0.717, 1.165) is 33.7 Å². The van der Waals surface area contributed by atoms with E-state index in [-0.39, 0.29) is 6.04 Å². The van der Waals surface area contributed by atoms with Gasteiger partial charge in [0.25, 0.3) is 0 Å². The zero-order valence-electron chi connectivity index (χ0n) is 12.7. The maximum atomic E-state index is 5.61. The first-order valence-corrected chi connectivity index (χ1v) is 8.17. The van der Waals surface area contributed by atoms with Crippen LogP contribution < -0.4 is 14.9 Å². The van der Waals surface area contributed by atoms with Gasteiger partial charge < -0.3 is 14.2 Å². The molecule has 3 rings (SSSR count). The van der Waals surface area contributed by atoms with Crippen LogP contribution in [0.1, 0.15) is 12.5 Å². The average molecular weight is 321 g/mol. The van der Waals surface area contributed by atoms with Crippen molar-refractivity contribution in [2.24, 2.45) is 10.1 Å². The average Bonchev–Trinajstić information content (AvgIpc) is 2.55. The first kappa shape index (κ1) is 15.2. The van der Waals surface area contributed by atoms with Crippen LogP contribution in [0.25, 0.3) is 0 Å². The minimum atomic E-state index is 0.117. The summed E-state index contributed by atoms with van der Waals surface area (Å²) in [5.74, 6) is 2.35. The van der Waals surface area contributed by atoms with Gasteiger partial charge in [0.15, 0.2) is 16.7 Å². The van der Waals surface area contributed by atoms with Crippen LogP contribution in [-0.2, 0) is 4.74 Å². The summed E-state index contributed by atoms with van der Waals surface area (Å²) in [6.45, 7) is 3.80. The van der Waals surface area contributed by atoms with Crippen LogP contribution in [0.15, 0.2) is 28.3 Å². The lowest BCUT2D eigenvalue weighted by Gasteiger charge is -2.20. The molecule has 2 aliphatic rings. The number of amidine groups is 1. The standard InChI is InChI=1S/C15H19N3O3S/c1-10(8-19-2)16-15-18-17-12(9-22-15)11-3-4-13-14(7-11)21-6-5-20-13/h3-4,7,10H,5-6,8-9H2,1-2H3,(H,16,18)/t10-/m1/s1. The van der Waals surface area contributed by atoms with Crippen molar-refractivity contribution in [3.8, 4) is 11.5 Å². The molecule has 2 heterocycles. The van der Waals surface area contributed by atoms with E-state index in [9.17, 15) is 0 Å². The predicted molar refractivity (Wildman–Crippen MR) is 88.3 cm³/mol. The second-order valence-corrected chi connectivity index (χ2v) is 6.02. The van der Waals surface area contributed by atoms with E-state index in [0.29, 0.717) is 19.8 Å². The Bertz CT molecular complexity index is 604. The number of ether oxygens (including phenoxy) is 3. The Morgan fingerprint density at radius 1 is 1.36 bits per heavy atom. The third kappa shape index (κ3) is 3.53. The number of thioether (sulfide) groups is 1. The Morgan fingerprint density at radius 3 is 2.91 bits per heavy atom. The second-order valence-electron chi connectivity index (χ2n) is 5.06. The normalized spacial score (nSPS) is 20.3. The summed E-state index contributed by atoms with van der Waals surface area (Å²) in [7, 11) is 1.68. The number of rotatable bonds is 4. The van der Waals surface area contributed by atoms with Gasteiger partial charge in [-0.15, -0.1) is 0 Å². The van der Waals surface area contributed by atoms with Gasteiger partial charge in [0.05, 0.1) is 18.4 Å². The van der Waals surface area contributed by atoms with Gasteiger partial charge in [0, 0.05) is 18.4 Å². The Hall–Kier alpha value is -1.73. The number of nitrogens with one attached hydrogen (secondary N) is 1.